The number of aliphatic hydroxyl groups excluding tert-OH is 2. The molecular formula is C6H8O2. The Morgan fingerprint density at radius 3 is 2.50 bits per heavy atom. The van der Waals surface area contributed by atoms with Crippen molar-refractivity contribution in [1.82, 2.24) is 0 Å². The van der Waals surface area contributed by atoms with Gasteiger partial charge in [-0.3, -0.25) is 0 Å². The van der Waals surface area contributed by atoms with Crippen LogP contribution < -0.4 is 0 Å². The average molecular weight is 112 g/mol. The van der Waals surface area contributed by atoms with Gasteiger partial charge in [-0.1, -0.05) is 11.8 Å². The van der Waals surface area contributed by atoms with Crippen molar-refractivity contribution in [3.63, 3.8) is 0 Å². The topological polar surface area (TPSA) is 40.5 Å². The van der Waals surface area contributed by atoms with Crippen LogP contribution >= 0.6 is 0 Å². The van der Waals surface area contributed by atoms with E-state index < -0.39 is 12.2 Å². The summed E-state index contributed by atoms with van der Waals surface area (Å²) in [7, 11) is 0. The third-order valence-corrected chi connectivity index (χ3v) is 1.10. The zero-order valence-corrected chi connectivity index (χ0v) is 4.46. The molecule has 2 heteroatoms. The minimum Gasteiger partial charge on any atom is -0.392 e. The van der Waals surface area contributed by atoms with Gasteiger partial charge in [0.15, 0.2) is 0 Å². The Bertz CT molecular complexity index is 131. The van der Waals surface area contributed by atoms with Crippen molar-refractivity contribution in [2.75, 3.05) is 0 Å². The van der Waals surface area contributed by atoms with E-state index in [1.165, 1.54) is 0 Å². The molecule has 0 spiro atoms. The van der Waals surface area contributed by atoms with Crippen molar-refractivity contribution in [1.29, 1.82) is 0 Å². The minimum absolute atomic E-state index is 0.410. The van der Waals surface area contributed by atoms with E-state index in [1.807, 2.05) is 0 Å². The van der Waals surface area contributed by atoms with Crippen molar-refractivity contribution in [3.05, 3.63) is 0 Å². The number of aliphatic hydroxyl groups is 2. The highest BCUT2D eigenvalue weighted by Gasteiger charge is 2.11. The maximum Gasteiger partial charge on any atom is 0.117 e. The fraction of sp³-hybridized carbons (Fsp3) is 0.667. The number of hydrogen-bond acceptors (Lipinski definition) is 2. The van der Waals surface area contributed by atoms with Gasteiger partial charge in [-0.15, -0.1) is 0 Å². The highest BCUT2D eigenvalue weighted by atomic mass is 16.3. The Balaban J connectivity index is 2.49. The molecule has 1 aliphatic carbocycles. The Hall–Kier alpha value is -0.520. The van der Waals surface area contributed by atoms with Crippen molar-refractivity contribution < 1.29 is 10.2 Å². The molecule has 2 N–H and O–H groups in total. The van der Waals surface area contributed by atoms with Gasteiger partial charge in [0.1, 0.15) is 6.10 Å². The van der Waals surface area contributed by atoms with Gasteiger partial charge in [-0.25, -0.2) is 0 Å². The summed E-state index contributed by atoms with van der Waals surface area (Å²) in [5, 5.41) is 17.6. The summed E-state index contributed by atoms with van der Waals surface area (Å²) < 4.78 is 0. The lowest BCUT2D eigenvalue weighted by Gasteiger charge is -2.11. The summed E-state index contributed by atoms with van der Waals surface area (Å²) in [5.41, 5.74) is 0. The van der Waals surface area contributed by atoms with Crippen LogP contribution in [0.5, 0.6) is 0 Å². The standard InChI is InChI=1S/C6H8O2/c7-5-2-1-3-6(8)4-5/h5-8H,2,4H2. The van der Waals surface area contributed by atoms with Gasteiger partial charge >= 0.3 is 0 Å². The quantitative estimate of drug-likeness (QED) is 0.415. The first-order chi connectivity index (χ1) is 3.79. The van der Waals surface area contributed by atoms with Crippen LogP contribution in [-0.4, -0.2) is 22.4 Å². The minimum atomic E-state index is -0.598. The van der Waals surface area contributed by atoms with Gasteiger partial charge in [-0.2, -0.15) is 0 Å². The average Bonchev–Trinajstić information content (AvgIpc) is 1.64. The molecule has 1 rings (SSSR count). The van der Waals surface area contributed by atoms with Gasteiger partial charge in [0.05, 0.1) is 6.10 Å². The van der Waals surface area contributed by atoms with Crippen molar-refractivity contribution >= 4 is 0 Å². The molecule has 0 fully saturated rings. The molecule has 44 valence electrons. The highest BCUT2D eigenvalue weighted by molar-refractivity contribution is 5.10. The Labute approximate surface area is 48.1 Å². The largest absolute Gasteiger partial charge is 0.392 e. The van der Waals surface area contributed by atoms with Crippen LogP contribution in [0.25, 0.3) is 0 Å². The maximum atomic E-state index is 8.82. The van der Waals surface area contributed by atoms with Gasteiger partial charge in [0.25, 0.3) is 0 Å². The molecule has 2 atom stereocenters. The molecule has 0 saturated heterocycles. The van der Waals surface area contributed by atoms with Crippen LogP contribution in [0.2, 0.25) is 0 Å². The zero-order valence-electron chi connectivity index (χ0n) is 4.46. The van der Waals surface area contributed by atoms with E-state index in [0.29, 0.717) is 12.8 Å². The predicted octanol–water partition coefficient (Wildman–Crippen LogP) is -0.495. The van der Waals surface area contributed by atoms with Crippen LogP contribution in [0.3, 0.4) is 0 Å². The fourth-order valence-corrected chi connectivity index (χ4v) is 0.695. The van der Waals surface area contributed by atoms with Gasteiger partial charge in [0.2, 0.25) is 0 Å². The normalized spacial score (nSPS) is 35.8. The lowest BCUT2D eigenvalue weighted by atomic mass is 10.1. The summed E-state index contributed by atoms with van der Waals surface area (Å²) in [4.78, 5) is 0. The SMILES string of the molecule is OC1C#CCC(O)C1. The molecular weight excluding hydrogens is 104 g/mol. The summed E-state index contributed by atoms with van der Waals surface area (Å²) in [6.45, 7) is 0. The van der Waals surface area contributed by atoms with E-state index in [4.69, 9.17) is 10.2 Å². The van der Waals surface area contributed by atoms with Crippen molar-refractivity contribution in [3.8, 4) is 11.8 Å². The summed E-state index contributed by atoms with van der Waals surface area (Å²) in [5.74, 6) is 5.19. The van der Waals surface area contributed by atoms with E-state index >= 15 is 0 Å². The first-order valence-electron chi connectivity index (χ1n) is 2.63. The van der Waals surface area contributed by atoms with Crippen LogP contribution in [0, 0.1) is 11.8 Å². The zero-order chi connectivity index (χ0) is 5.98. The summed E-state index contributed by atoms with van der Waals surface area (Å²) >= 11 is 0. The monoisotopic (exact) mass is 112 g/mol. The maximum absolute atomic E-state index is 8.82. The third kappa shape index (κ3) is 1.22. The highest BCUT2D eigenvalue weighted by Crippen LogP contribution is 2.04. The van der Waals surface area contributed by atoms with Gasteiger partial charge in [0, 0.05) is 12.8 Å². The van der Waals surface area contributed by atoms with Crippen molar-refractivity contribution in [2.45, 2.75) is 25.0 Å². The summed E-state index contributed by atoms with van der Waals surface area (Å²) in [6, 6.07) is 0. The van der Waals surface area contributed by atoms with E-state index in [1.54, 1.807) is 0 Å². The molecule has 0 amide bonds. The lowest BCUT2D eigenvalue weighted by molar-refractivity contribution is 0.106. The molecule has 0 aromatic rings. The molecule has 0 aliphatic heterocycles. The van der Waals surface area contributed by atoms with E-state index in [0.717, 1.165) is 0 Å². The number of rotatable bonds is 0. The second kappa shape index (κ2) is 2.17. The molecule has 0 bridgehead atoms. The Morgan fingerprint density at radius 1 is 1.38 bits per heavy atom. The Kier molecular flexibility index (Phi) is 1.52. The first-order valence-corrected chi connectivity index (χ1v) is 2.63. The molecule has 2 nitrogen and oxygen atoms in total. The summed E-state index contributed by atoms with van der Waals surface area (Å²) in [6.07, 6.45) is -0.0886. The van der Waals surface area contributed by atoms with E-state index in [-0.39, 0.29) is 0 Å². The van der Waals surface area contributed by atoms with Crippen LogP contribution in [0.15, 0.2) is 0 Å². The second-order valence-electron chi connectivity index (χ2n) is 1.93. The number of hydrogen-bond donors (Lipinski definition) is 2. The molecule has 0 saturated carbocycles. The predicted molar refractivity (Wildman–Crippen MR) is 29.0 cm³/mol. The second-order valence-corrected chi connectivity index (χ2v) is 1.93. The fourth-order valence-electron chi connectivity index (χ4n) is 0.695. The first kappa shape index (κ1) is 5.61. The molecule has 8 heavy (non-hydrogen) atoms. The molecule has 2 unspecified atom stereocenters. The molecule has 0 aromatic carbocycles. The lowest BCUT2D eigenvalue weighted by Crippen LogP contribution is -2.18. The molecule has 0 heterocycles. The van der Waals surface area contributed by atoms with Gasteiger partial charge in [-0.05, 0) is 0 Å². The van der Waals surface area contributed by atoms with E-state index in [2.05, 4.69) is 11.8 Å². The van der Waals surface area contributed by atoms with Crippen LogP contribution in [-0.2, 0) is 0 Å². The van der Waals surface area contributed by atoms with Gasteiger partial charge < -0.3 is 10.2 Å². The molecule has 0 aromatic heterocycles. The Morgan fingerprint density at radius 2 is 2.12 bits per heavy atom. The van der Waals surface area contributed by atoms with Crippen molar-refractivity contribution in [2.24, 2.45) is 0 Å². The van der Waals surface area contributed by atoms with E-state index in [9.17, 15) is 0 Å². The molecule has 0 radical (unpaired) electrons. The third-order valence-electron chi connectivity index (χ3n) is 1.10. The smallest absolute Gasteiger partial charge is 0.117 e. The molecule has 1 aliphatic rings. The van der Waals surface area contributed by atoms with Crippen LogP contribution in [0.4, 0.5) is 0 Å². The van der Waals surface area contributed by atoms with Crippen LogP contribution in [0.1, 0.15) is 12.8 Å².